The molecule has 64 valence electrons. The minimum Gasteiger partial charge on any atom is -0.508 e. The normalized spacial score (nSPS) is 9.75. The van der Waals surface area contributed by atoms with E-state index in [9.17, 15) is 5.11 Å². The summed E-state index contributed by atoms with van der Waals surface area (Å²) in [5.41, 5.74) is 2.15. The van der Waals surface area contributed by atoms with Gasteiger partial charge in [-0.2, -0.15) is 0 Å². The first-order chi connectivity index (χ1) is 5.70. The van der Waals surface area contributed by atoms with Crippen LogP contribution >= 0.6 is 0 Å². The zero-order valence-electron chi connectivity index (χ0n) is 7.38. The van der Waals surface area contributed by atoms with Crippen LogP contribution in [0.1, 0.15) is 18.9 Å². The Hall–Kier alpha value is -1.24. The second-order valence-electron chi connectivity index (χ2n) is 3.09. The van der Waals surface area contributed by atoms with E-state index in [1.165, 1.54) is 0 Å². The topological polar surface area (TPSA) is 20.2 Å². The van der Waals surface area contributed by atoms with Crippen molar-refractivity contribution < 1.29 is 5.11 Å². The van der Waals surface area contributed by atoms with Gasteiger partial charge in [0, 0.05) is 0 Å². The standard InChI is InChI=1S/C11H14O/c1-9(2)7-8-10-5-3-4-6-11(10)12/h3-6,12H,1,7-8H2,2H3. The molecule has 0 saturated carbocycles. The van der Waals surface area contributed by atoms with E-state index in [1.807, 2.05) is 25.1 Å². The summed E-state index contributed by atoms with van der Waals surface area (Å²) in [7, 11) is 0. The number of aromatic hydroxyl groups is 1. The van der Waals surface area contributed by atoms with Crippen molar-refractivity contribution in [2.45, 2.75) is 19.8 Å². The monoisotopic (exact) mass is 162 g/mol. The summed E-state index contributed by atoms with van der Waals surface area (Å²) in [6.07, 6.45) is 1.82. The molecule has 0 radical (unpaired) electrons. The molecule has 12 heavy (non-hydrogen) atoms. The van der Waals surface area contributed by atoms with Gasteiger partial charge in [0.25, 0.3) is 0 Å². The van der Waals surface area contributed by atoms with Crippen molar-refractivity contribution in [3.63, 3.8) is 0 Å². The lowest BCUT2D eigenvalue weighted by Crippen LogP contribution is -1.85. The molecule has 1 aromatic rings. The number of para-hydroxylation sites is 1. The van der Waals surface area contributed by atoms with Crippen molar-refractivity contribution in [3.8, 4) is 5.75 Å². The van der Waals surface area contributed by atoms with Gasteiger partial charge in [0.1, 0.15) is 5.75 Å². The highest BCUT2D eigenvalue weighted by atomic mass is 16.3. The summed E-state index contributed by atoms with van der Waals surface area (Å²) in [5, 5.41) is 9.39. The Morgan fingerprint density at radius 1 is 1.42 bits per heavy atom. The number of rotatable bonds is 3. The first kappa shape index (κ1) is 8.85. The van der Waals surface area contributed by atoms with Crippen LogP contribution in [-0.2, 0) is 6.42 Å². The molecule has 0 aliphatic heterocycles. The zero-order chi connectivity index (χ0) is 8.97. The van der Waals surface area contributed by atoms with Crippen molar-refractivity contribution in [3.05, 3.63) is 42.0 Å². The van der Waals surface area contributed by atoms with Gasteiger partial charge in [0.15, 0.2) is 0 Å². The average molecular weight is 162 g/mol. The van der Waals surface area contributed by atoms with Crippen molar-refractivity contribution in [1.29, 1.82) is 0 Å². The first-order valence-electron chi connectivity index (χ1n) is 4.11. The van der Waals surface area contributed by atoms with Crippen molar-refractivity contribution in [2.24, 2.45) is 0 Å². The highest BCUT2D eigenvalue weighted by molar-refractivity contribution is 5.32. The lowest BCUT2D eigenvalue weighted by molar-refractivity contribution is 0.468. The van der Waals surface area contributed by atoms with E-state index in [0.29, 0.717) is 5.75 Å². The van der Waals surface area contributed by atoms with Gasteiger partial charge in [-0.25, -0.2) is 0 Å². The predicted molar refractivity (Wildman–Crippen MR) is 51.2 cm³/mol. The molecule has 0 aliphatic carbocycles. The maximum Gasteiger partial charge on any atom is 0.118 e. The Bertz CT molecular complexity index is 276. The van der Waals surface area contributed by atoms with E-state index in [2.05, 4.69) is 6.58 Å². The van der Waals surface area contributed by atoms with Gasteiger partial charge in [-0.15, -0.1) is 6.58 Å². The zero-order valence-corrected chi connectivity index (χ0v) is 7.38. The van der Waals surface area contributed by atoms with Crippen LogP contribution < -0.4 is 0 Å². The van der Waals surface area contributed by atoms with Crippen LogP contribution in [-0.4, -0.2) is 5.11 Å². The van der Waals surface area contributed by atoms with Crippen LogP contribution in [0.15, 0.2) is 36.4 Å². The smallest absolute Gasteiger partial charge is 0.118 e. The van der Waals surface area contributed by atoms with Crippen LogP contribution in [0, 0.1) is 0 Å². The summed E-state index contributed by atoms with van der Waals surface area (Å²) in [5.74, 6) is 0.388. The Kier molecular flexibility index (Phi) is 2.92. The minimum atomic E-state index is 0.388. The lowest BCUT2D eigenvalue weighted by Gasteiger charge is -2.02. The summed E-state index contributed by atoms with van der Waals surface area (Å²) < 4.78 is 0. The maximum absolute atomic E-state index is 9.39. The summed E-state index contributed by atoms with van der Waals surface area (Å²) in [6, 6.07) is 7.43. The third-order valence-corrected chi connectivity index (χ3v) is 1.81. The minimum absolute atomic E-state index is 0.388. The van der Waals surface area contributed by atoms with Crippen LogP contribution in [0.2, 0.25) is 0 Å². The van der Waals surface area contributed by atoms with E-state index in [4.69, 9.17) is 0 Å². The highest BCUT2D eigenvalue weighted by Crippen LogP contribution is 2.18. The molecular formula is C11H14O. The largest absolute Gasteiger partial charge is 0.508 e. The molecule has 0 saturated heterocycles. The summed E-state index contributed by atoms with van der Waals surface area (Å²) in [6.45, 7) is 5.82. The van der Waals surface area contributed by atoms with Crippen LogP contribution in [0.25, 0.3) is 0 Å². The fourth-order valence-electron chi connectivity index (χ4n) is 1.07. The third kappa shape index (κ3) is 2.42. The highest BCUT2D eigenvalue weighted by Gasteiger charge is 1.98. The van der Waals surface area contributed by atoms with E-state index in [-0.39, 0.29) is 0 Å². The van der Waals surface area contributed by atoms with E-state index >= 15 is 0 Å². The van der Waals surface area contributed by atoms with E-state index in [1.54, 1.807) is 6.07 Å². The molecule has 1 N–H and O–H groups in total. The number of phenols is 1. The number of benzene rings is 1. The van der Waals surface area contributed by atoms with Crippen molar-refractivity contribution >= 4 is 0 Å². The van der Waals surface area contributed by atoms with E-state index < -0.39 is 0 Å². The lowest BCUT2D eigenvalue weighted by atomic mass is 10.1. The first-order valence-corrected chi connectivity index (χ1v) is 4.11. The molecule has 0 amide bonds. The Morgan fingerprint density at radius 3 is 2.67 bits per heavy atom. The molecular weight excluding hydrogens is 148 g/mol. The van der Waals surface area contributed by atoms with E-state index in [0.717, 1.165) is 24.0 Å². The molecule has 0 fully saturated rings. The molecule has 0 spiro atoms. The second-order valence-corrected chi connectivity index (χ2v) is 3.09. The Labute approximate surface area is 73.4 Å². The fraction of sp³-hybridized carbons (Fsp3) is 0.273. The average Bonchev–Trinajstić information content (AvgIpc) is 2.03. The molecule has 1 heteroatoms. The van der Waals surface area contributed by atoms with Gasteiger partial charge in [0.05, 0.1) is 0 Å². The summed E-state index contributed by atoms with van der Waals surface area (Å²) in [4.78, 5) is 0. The molecule has 1 rings (SSSR count). The quantitative estimate of drug-likeness (QED) is 0.677. The van der Waals surface area contributed by atoms with Gasteiger partial charge in [-0.05, 0) is 31.4 Å². The third-order valence-electron chi connectivity index (χ3n) is 1.81. The van der Waals surface area contributed by atoms with Gasteiger partial charge in [-0.1, -0.05) is 23.8 Å². The molecule has 1 nitrogen and oxygen atoms in total. The molecule has 0 atom stereocenters. The Balaban J connectivity index is 2.63. The number of phenolic OH excluding ortho intramolecular Hbond substituents is 1. The Morgan fingerprint density at radius 2 is 2.08 bits per heavy atom. The van der Waals surface area contributed by atoms with Gasteiger partial charge in [-0.3, -0.25) is 0 Å². The fourth-order valence-corrected chi connectivity index (χ4v) is 1.07. The van der Waals surface area contributed by atoms with Crippen molar-refractivity contribution in [2.75, 3.05) is 0 Å². The molecule has 0 unspecified atom stereocenters. The maximum atomic E-state index is 9.39. The molecule has 0 aromatic heterocycles. The number of hydrogen-bond acceptors (Lipinski definition) is 1. The SMILES string of the molecule is C=C(C)CCc1ccccc1O. The van der Waals surface area contributed by atoms with Gasteiger partial charge < -0.3 is 5.11 Å². The molecule has 0 heterocycles. The second kappa shape index (κ2) is 3.96. The van der Waals surface area contributed by atoms with Crippen molar-refractivity contribution in [1.82, 2.24) is 0 Å². The molecule has 0 aliphatic rings. The van der Waals surface area contributed by atoms with Gasteiger partial charge in [0.2, 0.25) is 0 Å². The number of hydrogen-bond donors (Lipinski definition) is 1. The molecule has 1 aromatic carbocycles. The van der Waals surface area contributed by atoms with Crippen LogP contribution in [0.3, 0.4) is 0 Å². The summed E-state index contributed by atoms with van der Waals surface area (Å²) >= 11 is 0. The van der Waals surface area contributed by atoms with Crippen LogP contribution in [0.5, 0.6) is 5.75 Å². The number of allylic oxidation sites excluding steroid dienone is 1. The van der Waals surface area contributed by atoms with Gasteiger partial charge >= 0.3 is 0 Å². The predicted octanol–water partition coefficient (Wildman–Crippen LogP) is 2.90. The van der Waals surface area contributed by atoms with Crippen LogP contribution in [0.4, 0.5) is 0 Å². The molecule has 0 bridgehead atoms. The number of aryl methyl sites for hydroxylation is 1.